The minimum Gasteiger partial charge on any atom is -0.506 e. The average Bonchev–Trinajstić information content (AvgIpc) is 2.42. The van der Waals surface area contributed by atoms with Gasteiger partial charge in [0.1, 0.15) is 5.75 Å². The molecule has 0 fully saturated rings. The Kier molecular flexibility index (Phi) is 7.39. The lowest BCUT2D eigenvalue weighted by atomic mass is 10.1. The van der Waals surface area contributed by atoms with Crippen molar-refractivity contribution in [2.75, 3.05) is 18.6 Å². The van der Waals surface area contributed by atoms with Crippen LogP contribution in [0.25, 0.3) is 0 Å². The van der Waals surface area contributed by atoms with Gasteiger partial charge >= 0.3 is 0 Å². The summed E-state index contributed by atoms with van der Waals surface area (Å²) in [7, 11) is 1.00. The first-order chi connectivity index (χ1) is 9.40. The van der Waals surface area contributed by atoms with Crippen molar-refractivity contribution in [3.63, 3.8) is 0 Å². The van der Waals surface area contributed by atoms with Crippen LogP contribution in [-0.4, -0.2) is 28.7 Å². The number of hydrogen-bond acceptors (Lipinski definition) is 6. The molecule has 1 aliphatic carbocycles. The van der Waals surface area contributed by atoms with E-state index < -0.39 is 0 Å². The molecular formula is C14H20N4O2. The first kappa shape index (κ1) is 17.4. The van der Waals surface area contributed by atoms with Gasteiger partial charge in [-0.2, -0.15) is 0 Å². The predicted octanol–water partition coefficient (Wildman–Crippen LogP) is 1.71. The number of nitrogen functional groups attached to an aromatic ring is 2. The molecule has 1 aliphatic rings. The highest BCUT2D eigenvalue weighted by Crippen LogP contribution is 2.21. The Hall–Kier alpha value is -2.60. The van der Waals surface area contributed by atoms with E-state index in [-0.39, 0.29) is 5.75 Å². The first-order valence-corrected chi connectivity index (χ1v) is 5.72. The van der Waals surface area contributed by atoms with E-state index in [1.165, 1.54) is 6.07 Å². The molecule has 0 amide bonds. The van der Waals surface area contributed by atoms with Gasteiger partial charge < -0.3 is 21.7 Å². The number of allylic oxidation sites excluding steroid dienone is 4. The van der Waals surface area contributed by atoms with Gasteiger partial charge in [-0.05, 0) is 36.8 Å². The number of phenolic OH excluding ortho intramolecular Hbond substituents is 1. The fourth-order valence-electron chi connectivity index (χ4n) is 1.22. The second kappa shape index (κ2) is 8.49. The minimum atomic E-state index is 0.0370. The number of aliphatic hydroxyl groups excluding tert-OH is 1. The van der Waals surface area contributed by atoms with Crippen LogP contribution in [0.15, 0.2) is 42.0 Å². The van der Waals surface area contributed by atoms with Crippen LogP contribution in [0.5, 0.6) is 5.75 Å². The second-order valence-corrected chi connectivity index (χ2v) is 3.87. The lowest BCUT2D eigenvalue weighted by molar-refractivity contribution is 0.399. The molecule has 0 aromatic heterocycles. The highest BCUT2D eigenvalue weighted by Gasteiger charge is 2.01. The van der Waals surface area contributed by atoms with Crippen molar-refractivity contribution in [1.29, 1.82) is 10.8 Å². The van der Waals surface area contributed by atoms with Gasteiger partial charge in [-0.3, -0.25) is 10.8 Å². The largest absolute Gasteiger partial charge is 0.506 e. The van der Waals surface area contributed by atoms with E-state index in [1.807, 2.05) is 13.0 Å². The Balaban J connectivity index is 0.000000321. The maximum absolute atomic E-state index is 8.90. The van der Waals surface area contributed by atoms with Crippen molar-refractivity contribution in [1.82, 2.24) is 0 Å². The zero-order chi connectivity index (χ0) is 15.7. The van der Waals surface area contributed by atoms with Crippen LogP contribution < -0.4 is 11.5 Å². The van der Waals surface area contributed by atoms with Crippen LogP contribution in [0.3, 0.4) is 0 Å². The number of anilines is 2. The maximum Gasteiger partial charge on any atom is 0.140 e. The van der Waals surface area contributed by atoms with Crippen LogP contribution in [0.4, 0.5) is 11.4 Å². The summed E-state index contributed by atoms with van der Waals surface area (Å²) in [5.41, 5.74) is 13.1. The van der Waals surface area contributed by atoms with Crippen molar-refractivity contribution in [3.8, 4) is 5.75 Å². The van der Waals surface area contributed by atoms with E-state index in [4.69, 9.17) is 32.5 Å². The van der Waals surface area contributed by atoms with Crippen LogP contribution in [-0.2, 0) is 0 Å². The van der Waals surface area contributed by atoms with Crippen molar-refractivity contribution in [3.05, 3.63) is 42.0 Å². The van der Waals surface area contributed by atoms with E-state index in [9.17, 15) is 0 Å². The predicted molar refractivity (Wildman–Crippen MR) is 83.4 cm³/mol. The Morgan fingerprint density at radius 2 is 1.60 bits per heavy atom. The van der Waals surface area contributed by atoms with Crippen molar-refractivity contribution >= 4 is 22.8 Å². The Morgan fingerprint density at radius 1 is 1.00 bits per heavy atom. The summed E-state index contributed by atoms with van der Waals surface area (Å²) in [5.74, 6) is 0.0370. The number of rotatable bonds is 0. The van der Waals surface area contributed by atoms with E-state index in [0.29, 0.717) is 22.8 Å². The fourth-order valence-corrected chi connectivity index (χ4v) is 1.22. The fraction of sp³-hybridized carbons (Fsp3) is 0.143. The SMILES string of the molecule is CC1=CC(=N)C(=N)C=C1.CO.Nc1ccc(N)c(O)c1. The number of nitrogens with two attached hydrogens (primary N) is 2. The van der Waals surface area contributed by atoms with E-state index in [2.05, 4.69) is 0 Å². The number of benzene rings is 1. The van der Waals surface area contributed by atoms with Crippen LogP contribution in [0.2, 0.25) is 0 Å². The van der Waals surface area contributed by atoms with Crippen molar-refractivity contribution in [2.45, 2.75) is 6.92 Å². The molecular weight excluding hydrogens is 256 g/mol. The second-order valence-electron chi connectivity index (χ2n) is 3.87. The zero-order valence-corrected chi connectivity index (χ0v) is 11.5. The lowest BCUT2D eigenvalue weighted by Gasteiger charge is -2.01. The molecule has 8 N–H and O–H groups in total. The molecule has 0 atom stereocenters. The molecule has 0 radical (unpaired) electrons. The van der Waals surface area contributed by atoms with Crippen LogP contribution >= 0.6 is 0 Å². The molecule has 0 spiro atoms. The summed E-state index contributed by atoms with van der Waals surface area (Å²) in [5, 5.41) is 30.2. The van der Waals surface area contributed by atoms with Gasteiger partial charge in [-0.15, -0.1) is 0 Å². The number of aliphatic hydroxyl groups is 1. The van der Waals surface area contributed by atoms with Gasteiger partial charge in [0.2, 0.25) is 0 Å². The van der Waals surface area contributed by atoms with Crippen molar-refractivity contribution in [2.24, 2.45) is 0 Å². The quantitative estimate of drug-likeness (QED) is 0.244. The Bertz CT molecular complexity index is 548. The summed E-state index contributed by atoms with van der Waals surface area (Å²) >= 11 is 0. The normalized spacial score (nSPS) is 12.7. The molecule has 0 aliphatic heterocycles. The van der Waals surface area contributed by atoms with Crippen LogP contribution in [0, 0.1) is 10.8 Å². The van der Waals surface area contributed by atoms with Crippen LogP contribution in [0.1, 0.15) is 6.92 Å². The monoisotopic (exact) mass is 276 g/mol. The van der Waals surface area contributed by atoms with Gasteiger partial charge in [-0.1, -0.05) is 6.08 Å². The molecule has 6 heteroatoms. The van der Waals surface area contributed by atoms with E-state index >= 15 is 0 Å². The van der Waals surface area contributed by atoms with Gasteiger partial charge in [0.15, 0.2) is 0 Å². The molecule has 0 saturated heterocycles. The number of hydrogen-bond donors (Lipinski definition) is 6. The maximum atomic E-state index is 8.90. The molecule has 20 heavy (non-hydrogen) atoms. The molecule has 1 aromatic carbocycles. The van der Waals surface area contributed by atoms with E-state index in [0.717, 1.165) is 12.7 Å². The highest BCUT2D eigenvalue weighted by molar-refractivity contribution is 6.49. The Morgan fingerprint density at radius 3 is 2.00 bits per heavy atom. The molecule has 0 heterocycles. The molecule has 6 nitrogen and oxygen atoms in total. The van der Waals surface area contributed by atoms with E-state index in [1.54, 1.807) is 24.3 Å². The smallest absolute Gasteiger partial charge is 0.140 e. The summed E-state index contributed by atoms with van der Waals surface area (Å²) in [6.07, 6.45) is 5.15. The third kappa shape index (κ3) is 5.83. The number of aromatic hydroxyl groups is 1. The standard InChI is InChI=1S/C7H8N2.C6H8N2O.CH4O/c1-5-2-3-6(8)7(9)4-5;7-4-1-2-5(8)6(9)3-4;1-2/h2-4,8-9H,1H3;1-3,9H,7-8H2;2H,1H3. The summed E-state index contributed by atoms with van der Waals surface area (Å²) < 4.78 is 0. The summed E-state index contributed by atoms with van der Waals surface area (Å²) in [6.45, 7) is 1.91. The van der Waals surface area contributed by atoms with Gasteiger partial charge in [0, 0.05) is 18.9 Å². The average molecular weight is 276 g/mol. The van der Waals surface area contributed by atoms with Crippen molar-refractivity contribution < 1.29 is 10.2 Å². The third-order valence-corrected chi connectivity index (χ3v) is 2.23. The minimum absolute atomic E-state index is 0.0370. The topological polar surface area (TPSA) is 140 Å². The lowest BCUT2D eigenvalue weighted by Crippen LogP contribution is -2.08. The van der Waals surface area contributed by atoms with Gasteiger partial charge in [0.25, 0.3) is 0 Å². The molecule has 0 unspecified atom stereocenters. The van der Waals surface area contributed by atoms with Gasteiger partial charge in [0.05, 0.1) is 17.1 Å². The summed E-state index contributed by atoms with van der Waals surface area (Å²) in [4.78, 5) is 0. The third-order valence-electron chi connectivity index (χ3n) is 2.23. The summed E-state index contributed by atoms with van der Waals surface area (Å²) in [6, 6.07) is 4.61. The Labute approximate surface area is 118 Å². The molecule has 0 bridgehead atoms. The van der Waals surface area contributed by atoms with Gasteiger partial charge in [-0.25, -0.2) is 0 Å². The highest BCUT2D eigenvalue weighted by atomic mass is 16.3. The first-order valence-electron chi connectivity index (χ1n) is 5.72. The molecule has 2 rings (SSSR count). The molecule has 0 saturated carbocycles. The molecule has 1 aromatic rings. The molecule has 108 valence electrons. The number of phenols is 1. The number of nitrogens with one attached hydrogen (secondary N) is 2. The zero-order valence-electron chi connectivity index (χ0n) is 11.5.